The van der Waals surface area contributed by atoms with Crippen molar-refractivity contribution >= 4 is 63.8 Å². The fourth-order valence-electron chi connectivity index (χ4n) is 3.03. The predicted molar refractivity (Wildman–Crippen MR) is 117 cm³/mol. The van der Waals surface area contributed by atoms with Crippen molar-refractivity contribution in [2.24, 2.45) is 0 Å². The molecule has 0 saturated carbocycles. The summed E-state index contributed by atoms with van der Waals surface area (Å²) < 4.78 is 6.29. The molecule has 0 bridgehead atoms. The Kier molecular flexibility index (Phi) is 6.86. The average molecular weight is 476 g/mol. The molecule has 1 amide bonds. The number of hydrogen-bond acceptors (Lipinski definition) is 5. The number of anilines is 1. The van der Waals surface area contributed by atoms with Crippen LogP contribution in [0.3, 0.4) is 0 Å². The zero-order valence-electron chi connectivity index (χ0n) is 15.8. The van der Waals surface area contributed by atoms with Gasteiger partial charge < -0.3 is 14.5 Å². The van der Waals surface area contributed by atoms with E-state index in [1.807, 2.05) is 32.9 Å². The van der Waals surface area contributed by atoms with E-state index < -0.39 is 5.60 Å². The van der Waals surface area contributed by atoms with Gasteiger partial charge in [0, 0.05) is 35.5 Å². The maximum absolute atomic E-state index is 12.3. The minimum atomic E-state index is -0.496. The number of rotatable bonds is 1. The summed E-state index contributed by atoms with van der Waals surface area (Å²) in [4.78, 5) is 25.1. The highest BCUT2D eigenvalue weighted by molar-refractivity contribution is 9.10. The second-order valence-corrected chi connectivity index (χ2v) is 8.71. The van der Waals surface area contributed by atoms with E-state index in [-0.39, 0.29) is 25.6 Å². The maximum Gasteiger partial charge on any atom is 0.410 e. The monoisotopic (exact) mass is 474 g/mol. The average Bonchev–Trinajstić information content (AvgIpc) is 2.54. The number of carbonyl (C=O) groups is 1. The van der Waals surface area contributed by atoms with Crippen LogP contribution in [0.2, 0.25) is 5.02 Å². The first-order valence-electron chi connectivity index (χ1n) is 8.50. The van der Waals surface area contributed by atoms with E-state index >= 15 is 0 Å². The van der Waals surface area contributed by atoms with Gasteiger partial charge in [-0.25, -0.2) is 14.8 Å². The Balaban J connectivity index is 0.00000261. The van der Waals surface area contributed by atoms with Gasteiger partial charge in [0.1, 0.15) is 17.7 Å². The molecule has 1 saturated heterocycles. The van der Waals surface area contributed by atoms with Crippen molar-refractivity contribution in [3.8, 4) is 0 Å². The Bertz CT molecular complexity index is 846. The van der Waals surface area contributed by atoms with Gasteiger partial charge in [-0.1, -0.05) is 11.6 Å². The summed E-state index contributed by atoms with van der Waals surface area (Å²) >= 11 is 9.70. The van der Waals surface area contributed by atoms with E-state index in [1.165, 1.54) is 0 Å². The van der Waals surface area contributed by atoms with E-state index in [2.05, 4.69) is 37.7 Å². The Morgan fingerprint density at radius 2 is 2.00 bits per heavy atom. The molecule has 0 radical (unpaired) electrons. The van der Waals surface area contributed by atoms with Gasteiger partial charge in [-0.3, -0.25) is 0 Å². The van der Waals surface area contributed by atoms with Crippen molar-refractivity contribution in [3.05, 3.63) is 28.0 Å². The molecule has 1 fully saturated rings. The minimum Gasteiger partial charge on any atom is -0.444 e. The van der Waals surface area contributed by atoms with Crippen LogP contribution in [0.15, 0.2) is 22.9 Å². The maximum atomic E-state index is 12.3. The molecule has 0 N–H and O–H groups in total. The van der Waals surface area contributed by atoms with Crippen LogP contribution in [0.25, 0.3) is 10.9 Å². The third-order valence-corrected chi connectivity index (χ3v) is 5.40. The molecule has 1 aliphatic heterocycles. The van der Waals surface area contributed by atoms with E-state index in [9.17, 15) is 4.79 Å². The lowest BCUT2D eigenvalue weighted by Crippen LogP contribution is -2.54. The van der Waals surface area contributed by atoms with Crippen molar-refractivity contribution in [2.45, 2.75) is 39.3 Å². The van der Waals surface area contributed by atoms with Crippen LogP contribution >= 0.6 is 41.0 Å². The van der Waals surface area contributed by atoms with Gasteiger partial charge >= 0.3 is 6.09 Å². The first kappa shape index (κ1) is 22.0. The fraction of sp³-hybridized carbons (Fsp3) is 0.500. The summed E-state index contributed by atoms with van der Waals surface area (Å²) in [5.74, 6) is 0.834. The molecule has 1 atom stereocenters. The molecule has 3 rings (SSSR count). The normalized spacial score (nSPS) is 17.6. The highest BCUT2D eigenvalue weighted by Crippen LogP contribution is 2.32. The number of carbonyl (C=O) groups excluding carboxylic acids is 1. The molecule has 1 aromatic carbocycles. The van der Waals surface area contributed by atoms with Crippen LogP contribution in [-0.4, -0.2) is 52.2 Å². The standard InChI is InChI=1S/C18H22BrClN4O2.H2S/c1-11-9-23(17(25)26-18(2,3)4)5-6-24(11)16-12-7-14(20)13(19)8-15(12)21-10-22-16;/h7-8,10-11H,5-6,9H2,1-4H3;1H2/t11-;/m0./s1. The quantitative estimate of drug-likeness (QED) is 0.603. The molecule has 1 aliphatic rings. The zero-order chi connectivity index (χ0) is 19.1. The highest BCUT2D eigenvalue weighted by atomic mass is 79.9. The first-order chi connectivity index (χ1) is 12.2. The smallest absolute Gasteiger partial charge is 0.410 e. The van der Waals surface area contributed by atoms with Gasteiger partial charge in [0.2, 0.25) is 0 Å². The molecule has 27 heavy (non-hydrogen) atoms. The lowest BCUT2D eigenvalue weighted by Gasteiger charge is -2.41. The number of nitrogens with zero attached hydrogens (tertiary/aromatic N) is 4. The second kappa shape index (κ2) is 8.41. The van der Waals surface area contributed by atoms with Gasteiger partial charge in [0.15, 0.2) is 0 Å². The predicted octanol–water partition coefficient (Wildman–Crippen LogP) is 4.60. The van der Waals surface area contributed by atoms with Crippen LogP contribution in [0.5, 0.6) is 0 Å². The number of fused-ring (bicyclic) bond motifs is 1. The SMILES string of the molecule is C[C@H]1CN(C(=O)OC(C)(C)C)CCN1c1ncnc2cc(Br)c(Cl)cc12.S. The number of benzene rings is 1. The van der Waals surface area contributed by atoms with Crippen LogP contribution in [-0.2, 0) is 4.74 Å². The number of amides is 1. The lowest BCUT2D eigenvalue weighted by molar-refractivity contribution is 0.0218. The number of halogens is 2. The topological polar surface area (TPSA) is 58.6 Å². The Labute approximate surface area is 179 Å². The van der Waals surface area contributed by atoms with Gasteiger partial charge in [-0.05, 0) is 55.8 Å². The van der Waals surface area contributed by atoms with E-state index in [0.29, 0.717) is 24.7 Å². The van der Waals surface area contributed by atoms with Gasteiger partial charge in [0.25, 0.3) is 0 Å². The largest absolute Gasteiger partial charge is 0.444 e. The van der Waals surface area contributed by atoms with Crippen LogP contribution in [0, 0.1) is 0 Å². The fourth-order valence-corrected chi connectivity index (χ4v) is 3.53. The number of aromatic nitrogens is 2. The summed E-state index contributed by atoms with van der Waals surface area (Å²) in [6.45, 7) is 9.52. The van der Waals surface area contributed by atoms with Gasteiger partial charge in [-0.2, -0.15) is 13.5 Å². The van der Waals surface area contributed by atoms with E-state index in [0.717, 1.165) is 21.2 Å². The van der Waals surface area contributed by atoms with Crippen molar-refractivity contribution < 1.29 is 9.53 Å². The zero-order valence-corrected chi connectivity index (χ0v) is 19.1. The first-order valence-corrected chi connectivity index (χ1v) is 9.67. The van der Waals surface area contributed by atoms with Gasteiger partial charge in [0.05, 0.1) is 10.5 Å². The molecular formula is C18H24BrClN4O2S. The minimum absolute atomic E-state index is 0. The number of ether oxygens (including phenoxy) is 1. The summed E-state index contributed by atoms with van der Waals surface area (Å²) in [5, 5.41) is 1.52. The second-order valence-electron chi connectivity index (χ2n) is 7.45. The van der Waals surface area contributed by atoms with Crippen molar-refractivity contribution in [3.63, 3.8) is 0 Å². The van der Waals surface area contributed by atoms with Crippen LogP contribution in [0.1, 0.15) is 27.7 Å². The summed E-state index contributed by atoms with van der Waals surface area (Å²) in [7, 11) is 0. The molecule has 148 valence electrons. The van der Waals surface area contributed by atoms with Crippen molar-refractivity contribution in [1.29, 1.82) is 0 Å². The third kappa shape index (κ3) is 4.97. The molecule has 2 aromatic rings. The lowest BCUT2D eigenvalue weighted by atomic mass is 10.1. The van der Waals surface area contributed by atoms with Gasteiger partial charge in [-0.15, -0.1) is 0 Å². The molecule has 0 spiro atoms. The summed E-state index contributed by atoms with van der Waals surface area (Å²) in [6.07, 6.45) is 1.29. The Morgan fingerprint density at radius 1 is 1.30 bits per heavy atom. The molecule has 9 heteroatoms. The molecule has 6 nitrogen and oxygen atoms in total. The molecule has 0 aliphatic carbocycles. The molecule has 2 heterocycles. The van der Waals surface area contributed by atoms with Crippen LogP contribution < -0.4 is 4.90 Å². The summed E-state index contributed by atoms with van der Waals surface area (Å²) in [6, 6.07) is 3.87. The van der Waals surface area contributed by atoms with E-state index in [4.69, 9.17) is 16.3 Å². The Morgan fingerprint density at radius 3 is 2.63 bits per heavy atom. The Hall–Kier alpha value is -1.25. The molecule has 0 unspecified atom stereocenters. The summed E-state index contributed by atoms with van der Waals surface area (Å²) in [5.41, 5.74) is 0.331. The molecular weight excluding hydrogens is 452 g/mol. The molecule has 1 aromatic heterocycles. The highest BCUT2D eigenvalue weighted by Gasteiger charge is 2.31. The van der Waals surface area contributed by atoms with Crippen molar-refractivity contribution in [2.75, 3.05) is 24.5 Å². The number of piperazine rings is 1. The van der Waals surface area contributed by atoms with E-state index in [1.54, 1.807) is 11.2 Å². The number of hydrogen-bond donors (Lipinski definition) is 0. The van der Waals surface area contributed by atoms with Crippen molar-refractivity contribution in [1.82, 2.24) is 14.9 Å². The third-order valence-electron chi connectivity index (χ3n) is 4.21. The van der Waals surface area contributed by atoms with Crippen LogP contribution in [0.4, 0.5) is 10.6 Å².